The summed E-state index contributed by atoms with van der Waals surface area (Å²) in [5.74, 6) is 0.578. The van der Waals surface area contributed by atoms with E-state index in [2.05, 4.69) is 10.4 Å². The van der Waals surface area contributed by atoms with Crippen molar-refractivity contribution >= 4 is 17.9 Å². The van der Waals surface area contributed by atoms with E-state index in [1.807, 2.05) is 18.1 Å². The molecule has 112 valence electrons. The summed E-state index contributed by atoms with van der Waals surface area (Å²) >= 11 is 0. The highest BCUT2D eigenvalue weighted by molar-refractivity contribution is 5.91. The summed E-state index contributed by atoms with van der Waals surface area (Å²) in [6.07, 6.45) is 9.31. The predicted molar refractivity (Wildman–Crippen MR) is 78.1 cm³/mol. The molecule has 0 radical (unpaired) electrons. The standard InChI is InChI=1S/C15H20N4O2/c1-18-9-11(8-16-18)2-5-15(21)19-7-6-13-12(10-19)3-4-14(20)17-13/h2,5,8-9,12-13H,3-4,6-7,10H2,1H3,(H,17,20)/b5-2+. The van der Waals surface area contributed by atoms with Crippen molar-refractivity contribution in [1.82, 2.24) is 20.0 Å². The maximum absolute atomic E-state index is 12.2. The molecule has 3 rings (SSSR count). The van der Waals surface area contributed by atoms with Crippen LogP contribution in [0, 0.1) is 5.92 Å². The van der Waals surface area contributed by atoms with Crippen LogP contribution in [-0.4, -0.2) is 45.6 Å². The van der Waals surface area contributed by atoms with E-state index in [4.69, 9.17) is 0 Å². The van der Waals surface area contributed by atoms with Crippen LogP contribution in [0.1, 0.15) is 24.8 Å². The summed E-state index contributed by atoms with van der Waals surface area (Å²) in [7, 11) is 1.85. The number of hydrogen-bond donors (Lipinski definition) is 1. The highest BCUT2D eigenvalue weighted by atomic mass is 16.2. The van der Waals surface area contributed by atoms with Crippen molar-refractivity contribution in [1.29, 1.82) is 0 Å². The number of carbonyl (C=O) groups excluding carboxylic acids is 2. The second-order valence-corrected chi connectivity index (χ2v) is 5.83. The topological polar surface area (TPSA) is 67.2 Å². The van der Waals surface area contributed by atoms with Gasteiger partial charge in [0.2, 0.25) is 11.8 Å². The maximum Gasteiger partial charge on any atom is 0.246 e. The molecule has 1 aromatic heterocycles. The van der Waals surface area contributed by atoms with Crippen LogP contribution in [0.15, 0.2) is 18.5 Å². The van der Waals surface area contributed by atoms with Gasteiger partial charge in [-0.05, 0) is 24.8 Å². The van der Waals surface area contributed by atoms with Gasteiger partial charge in [-0.3, -0.25) is 14.3 Å². The fourth-order valence-electron chi connectivity index (χ4n) is 3.11. The van der Waals surface area contributed by atoms with E-state index < -0.39 is 0 Å². The lowest BCUT2D eigenvalue weighted by atomic mass is 9.85. The summed E-state index contributed by atoms with van der Waals surface area (Å²) < 4.78 is 1.71. The quantitative estimate of drug-likeness (QED) is 0.809. The normalized spacial score (nSPS) is 25.8. The molecule has 0 aromatic carbocycles. The fourth-order valence-corrected chi connectivity index (χ4v) is 3.11. The van der Waals surface area contributed by atoms with Gasteiger partial charge in [-0.15, -0.1) is 0 Å². The molecule has 3 heterocycles. The number of likely N-dealkylation sites (tertiary alicyclic amines) is 1. The Kier molecular flexibility index (Phi) is 3.77. The molecule has 6 heteroatoms. The minimum atomic E-state index is 0.0363. The third kappa shape index (κ3) is 3.15. The third-order valence-corrected chi connectivity index (χ3v) is 4.28. The zero-order valence-corrected chi connectivity index (χ0v) is 12.2. The molecule has 2 aliphatic heterocycles. The molecule has 0 spiro atoms. The molecular formula is C15H20N4O2. The number of nitrogens with one attached hydrogen (secondary N) is 1. The third-order valence-electron chi connectivity index (χ3n) is 4.28. The summed E-state index contributed by atoms with van der Waals surface area (Å²) in [6.45, 7) is 1.44. The average molecular weight is 288 g/mol. The van der Waals surface area contributed by atoms with Crippen molar-refractivity contribution < 1.29 is 9.59 Å². The van der Waals surface area contributed by atoms with Gasteiger partial charge in [0.05, 0.1) is 6.20 Å². The van der Waals surface area contributed by atoms with E-state index in [1.165, 1.54) is 0 Å². The number of nitrogens with zero attached hydrogens (tertiary/aromatic N) is 3. The Morgan fingerprint density at radius 2 is 2.33 bits per heavy atom. The van der Waals surface area contributed by atoms with Crippen LogP contribution in [0.3, 0.4) is 0 Å². The number of aromatic nitrogens is 2. The van der Waals surface area contributed by atoms with Gasteiger partial charge in [0.15, 0.2) is 0 Å². The molecule has 2 saturated heterocycles. The van der Waals surface area contributed by atoms with Crippen molar-refractivity contribution in [3.8, 4) is 0 Å². The van der Waals surface area contributed by atoms with E-state index in [9.17, 15) is 9.59 Å². The van der Waals surface area contributed by atoms with Gasteiger partial charge >= 0.3 is 0 Å². The molecule has 2 aliphatic rings. The Morgan fingerprint density at radius 1 is 1.48 bits per heavy atom. The molecule has 2 amide bonds. The minimum Gasteiger partial charge on any atom is -0.353 e. The monoisotopic (exact) mass is 288 g/mol. The van der Waals surface area contributed by atoms with Crippen LogP contribution >= 0.6 is 0 Å². The first-order valence-electron chi connectivity index (χ1n) is 7.37. The Labute approximate surface area is 123 Å². The molecule has 0 bridgehead atoms. The molecule has 2 fully saturated rings. The van der Waals surface area contributed by atoms with E-state index in [0.29, 0.717) is 18.9 Å². The second kappa shape index (κ2) is 5.71. The summed E-state index contributed by atoms with van der Waals surface area (Å²) in [5, 5.41) is 7.10. The van der Waals surface area contributed by atoms with E-state index in [0.717, 1.165) is 24.9 Å². The van der Waals surface area contributed by atoms with Crippen molar-refractivity contribution in [2.24, 2.45) is 13.0 Å². The lowest BCUT2D eigenvalue weighted by Crippen LogP contribution is -2.54. The van der Waals surface area contributed by atoms with Gasteiger partial charge in [0, 0.05) is 50.4 Å². The van der Waals surface area contributed by atoms with Crippen molar-refractivity contribution in [3.05, 3.63) is 24.0 Å². The number of hydrogen-bond acceptors (Lipinski definition) is 3. The lowest BCUT2D eigenvalue weighted by Gasteiger charge is -2.41. The number of carbonyl (C=O) groups is 2. The van der Waals surface area contributed by atoms with E-state index >= 15 is 0 Å². The lowest BCUT2D eigenvalue weighted by molar-refractivity contribution is -0.130. The predicted octanol–water partition coefficient (Wildman–Crippen LogP) is 0.560. The molecule has 1 aromatic rings. The first-order valence-corrected chi connectivity index (χ1v) is 7.37. The number of piperidine rings is 2. The Bertz CT molecular complexity index is 578. The Balaban J connectivity index is 1.59. The molecule has 1 N–H and O–H groups in total. The molecular weight excluding hydrogens is 268 g/mol. The Hall–Kier alpha value is -2.11. The number of rotatable bonds is 2. The van der Waals surface area contributed by atoms with Crippen LogP contribution in [0.25, 0.3) is 6.08 Å². The smallest absolute Gasteiger partial charge is 0.246 e. The molecule has 2 unspecified atom stereocenters. The largest absolute Gasteiger partial charge is 0.353 e. The van der Waals surface area contributed by atoms with Crippen LogP contribution in [0.5, 0.6) is 0 Å². The molecule has 6 nitrogen and oxygen atoms in total. The van der Waals surface area contributed by atoms with Gasteiger partial charge in [-0.1, -0.05) is 0 Å². The average Bonchev–Trinajstić information content (AvgIpc) is 2.90. The van der Waals surface area contributed by atoms with Crippen LogP contribution in [-0.2, 0) is 16.6 Å². The van der Waals surface area contributed by atoms with Crippen molar-refractivity contribution in [3.63, 3.8) is 0 Å². The van der Waals surface area contributed by atoms with Gasteiger partial charge in [0.25, 0.3) is 0 Å². The van der Waals surface area contributed by atoms with Crippen LogP contribution in [0.2, 0.25) is 0 Å². The van der Waals surface area contributed by atoms with Crippen molar-refractivity contribution in [2.75, 3.05) is 13.1 Å². The number of amides is 2. The van der Waals surface area contributed by atoms with Gasteiger partial charge < -0.3 is 10.2 Å². The van der Waals surface area contributed by atoms with Gasteiger partial charge in [-0.2, -0.15) is 5.10 Å². The Morgan fingerprint density at radius 3 is 3.10 bits per heavy atom. The zero-order valence-electron chi connectivity index (χ0n) is 12.2. The summed E-state index contributed by atoms with van der Waals surface area (Å²) in [6, 6.07) is 0.248. The molecule has 0 aliphatic carbocycles. The number of aryl methyl sites for hydroxylation is 1. The fraction of sp³-hybridized carbons (Fsp3) is 0.533. The highest BCUT2D eigenvalue weighted by Gasteiger charge is 2.34. The maximum atomic E-state index is 12.2. The minimum absolute atomic E-state index is 0.0363. The molecule has 21 heavy (non-hydrogen) atoms. The van der Waals surface area contributed by atoms with E-state index in [1.54, 1.807) is 23.0 Å². The van der Waals surface area contributed by atoms with Gasteiger partial charge in [-0.25, -0.2) is 0 Å². The first-order chi connectivity index (χ1) is 10.1. The van der Waals surface area contributed by atoms with E-state index in [-0.39, 0.29) is 17.9 Å². The van der Waals surface area contributed by atoms with Crippen LogP contribution in [0.4, 0.5) is 0 Å². The second-order valence-electron chi connectivity index (χ2n) is 5.83. The zero-order chi connectivity index (χ0) is 14.8. The van der Waals surface area contributed by atoms with Crippen LogP contribution < -0.4 is 5.32 Å². The molecule has 0 saturated carbocycles. The highest BCUT2D eigenvalue weighted by Crippen LogP contribution is 2.25. The summed E-state index contributed by atoms with van der Waals surface area (Å²) in [4.78, 5) is 25.5. The SMILES string of the molecule is Cn1cc(/C=C/C(=O)N2CCC3NC(=O)CCC3C2)cn1. The first kappa shape index (κ1) is 13.9. The van der Waals surface area contributed by atoms with Crippen molar-refractivity contribution in [2.45, 2.75) is 25.3 Å². The number of fused-ring (bicyclic) bond motifs is 1. The molecule has 2 atom stereocenters. The van der Waals surface area contributed by atoms with Gasteiger partial charge in [0.1, 0.15) is 0 Å². The summed E-state index contributed by atoms with van der Waals surface area (Å²) in [5.41, 5.74) is 0.922.